The van der Waals surface area contributed by atoms with Crippen molar-refractivity contribution in [1.82, 2.24) is 14.5 Å². The van der Waals surface area contributed by atoms with Gasteiger partial charge in [-0.05, 0) is 54.8 Å². The Balaban J connectivity index is 2.25. The molecule has 0 radical (unpaired) electrons. The van der Waals surface area contributed by atoms with E-state index in [9.17, 15) is 18.0 Å². The van der Waals surface area contributed by atoms with Crippen molar-refractivity contribution in [3.63, 3.8) is 0 Å². The number of hydrogen-bond donors (Lipinski definition) is 1. The minimum Gasteiger partial charge on any atom is -0.354 e. The Morgan fingerprint density at radius 1 is 1.00 bits per heavy atom. The molecule has 0 aromatic heterocycles. The molecule has 0 aliphatic heterocycles. The molecule has 0 fully saturated rings. The van der Waals surface area contributed by atoms with Gasteiger partial charge in [0.15, 0.2) is 0 Å². The number of sulfonamides is 1. The van der Waals surface area contributed by atoms with Crippen LogP contribution < -0.4 is 5.32 Å². The van der Waals surface area contributed by atoms with Crippen LogP contribution in [0.25, 0.3) is 0 Å². The lowest BCUT2D eigenvalue weighted by Gasteiger charge is -2.30. The number of rotatable bonds is 10. The Morgan fingerprint density at radius 2 is 1.64 bits per heavy atom. The number of likely N-dealkylation sites (N-methyl/N-ethyl adjacent to an activating group) is 1. The first-order chi connectivity index (χ1) is 15.4. The van der Waals surface area contributed by atoms with Crippen LogP contribution in [0.4, 0.5) is 0 Å². The highest BCUT2D eigenvalue weighted by Crippen LogP contribution is 2.19. The molecule has 1 unspecified atom stereocenters. The van der Waals surface area contributed by atoms with Gasteiger partial charge in [-0.1, -0.05) is 49.2 Å². The maximum Gasteiger partial charge on any atom is 0.243 e. The van der Waals surface area contributed by atoms with E-state index in [2.05, 4.69) is 5.32 Å². The maximum absolute atomic E-state index is 13.2. The van der Waals surface area contributed by atoms with Gasteiger partial charge in [0.2, 0.25) is 21.8 Å². The van der Waals surface area contributed by atoms with E-state index in [4.69, 9.17) is 23.2 Å². The summed E-state index contributed by atoms with van der Waals surface area (Å²) in [4.78, 5) is 27.3. The average Bonchev–Trinajstić information content (AvgIpc) is 2.75. The van der Waals surface area contributed by atoms with Gasteiger partial charge < -0.3 is 10.2 Å². The third-order valence-electron chi connectivity index (χ3n) is 4.97. The van der Waals surface area contributed by atoms with Crippen LogP contribution >= 0.6 is 23.2 Å². The lowest BCUT2D eigenvalue weighted by molar-refractivity contribution is -0.140. The molecule has 0 saturated carbocycles. The summed E-state index contributed by atoms with van der Waals surface area (Å²) >= 11 is 11.9. The molecule has 0 spiro atoms. The van der Waals surface area contributed by atoms with Crippen molar-refractivity contribution in [2.24, 2.45) is 5.92 Å². The van der Waals surface area contributed by atoms with Crippen LogP contribution in [-0.2, 0) is 26.2 Å². The molecule has 2 aromatic carbocycles. The number of carbonyl (C=O) groups is 2. The number of nitrogens with one attached hydrogen (secondary N) is 1. The smallest absolute Gasteiger partial charge is 0.243 e. The molecule has 180 valence electrons. The highest BCUT2D eigenvalue weighted by atomic mass is 35.5. The zero-order valence-electron chi connectivity index (χ0n) is 19.1. The van der Waals surface area contributed by atoms with E-state index in [0.29, 0.717) is 16.6 Å². The molecule has 0 heterocycles. The largest absolute Gasteiger partial charge is 0.354 e. The van der Waals surface area contributed by atoms with Crippen molar-refractivity contribution in [2.45, 2.75) is 38.3 Å². The lowest BCUT2D eigenvalue weighted by atomic mass is 10.1. The van der Waals surface area contributed by atoms with Crippen molar-refractivity contribution in [1.29, 1.82) is 0 Å². The van der Waals surface area contributed by atoms with E-state index in [1.807, 2.05) is 13.8 Å². The van der Waals surface area contributed by atoms with Crippen molar-refractivity contribution in [2.75, 3.05) is 20.1 Å². The first kappa shape index (κ1) is 27.1. The highest BCUT2D eigenvalue weighted by molar-refractivity contribution is 7.89. The van der Waals surface area contributed by atoms with Crippen LogP contribution in [0.15, 0.2) is 53.4 Å². The van der Waals surface area contributed by atoms with Crippen LogP contribution in [0.5, 0.6) is 0 Å². The normalized spacial score (nSPS) is 12.6. The van der Waals surface area contributed by atoms with Crippen molar-refractivity contribution in [3.8, 4) is 0 Å². The monoisotopic (exact) mass is 513 g/mol. The van der Waals surface area contributed by atoms with Gasteiger partial charge in [0.05, 0.1) is 11.4 Å². The molecular weight excluding hydrogens is 485 g/mol. The number of hydrogen-bond acceptors (Lipinski definition) is 4. The molecular formula is C23H29Cl2N3O4S. The van der Waals surface area contributed by atoms with Gasteiger partial charge in [-0.15, -0.1) is 0 Å². The van der Waals surface area contributed by atoms with E-state index in [1.54, 1.807) is 31.2 Å². The number of carbonyl (C=O) groups excluding carboxylic acids is 2. The van der Waals surface area contributed by atoms with Crippen LogP contribution in [0.3, 0.4) is 0 Å². The molecule has 1 atom stereocenters. The highest BCUT2D eigenvalue weighted by Gasteiger charge is 2.30. The first-order valence-electron chi connectivity index (χ1n) is 10.5. The van der Waals surface area contributed by atoms with Gasteiger partial charge in [-0.25, -0.2) is 8.42 Å². The summed E-state index contributed by atoms with van der Waals surface area (Å²) in [6.45, 7) is 5.68. The van der Waals surface area contributed by atoms with Crippen LogP contribution in [0.2, 0.25) is 10.0 Å². The minimum atomic E-state index is -3.93. The van der Waals surface area contributed by atoms with Crippen molar-refractivity contribution < 1.29 is 18.0 Å². The molecule has 1 N–H and O–H groups in total. The third kappa shape index (κ3) is 7.71. The van der Waals surface area contributed by atoms with E-state index in [1.165, 1.54) is 36.2 Å². The summed E-state index contributed by atoms with van der Waals surface area (Å²) < 4.78 is 26.8. The second-order valence-corrected chi connectivity index (χ2v) is 11.1. The summed E-state index contributed by atoms with van der Waals surface area (Å²) in [6, 6.07) is 11.8. The molecule has 2 amide bonds. The number of benzene rings is 2. The van der Waals surface area contributed by atoms with Crippen molar-refractivity contribution >= 4 is 45.0 Å². The molecule has 0 aliphatic rings. The maximum atomic E-state index is 13.2. The van der Waals surface area contributed by atoms with E-state index in [0.717, 1.165) is 9.87 Å². The predicted octanol–water partition coefficient (Wildman–Crippen LogP) is 3.80. The van der Waals surface area contributed by atoms with E-state index >= 15 is 0 Å². The second kappa shape index (κ2) is 11.8. The third-order valence-corrected chi connectivity index (χ3v) is 7.28. The molecule has 0 aliphatic carbocycles. The Hall–Kier alpha value is -2.13. The molecule has 10 heteroatoms. The zero-order chi connectivity index (χ0) is 24.8. The van der Waals surface area contributed by atoms with Gasteiger partial charge in [-0.2, -0.15) is 4.31 Å². The standard InChI is InChI=1S/C23H29Cl2N3O4S/c1-16(2)13-26-23(30)17(3)28(14-18-6-5-7-20(25)12-18)22(29)15-27(4)33(31,32)21-10-8-19(24)9-11-21/h5-12,16-17H,13-15H2,1-4H3,(H,26,30). The number of halogens is 2. The fourth-order valence-corrected chi connectivity index (χ4v) is 4.48. The molecule has 0 saturated heterocycles. The number of nitrogens with zero attached hydrogens (tertiary/aromatic N) is 2. The molecule has 0 bridgehead atoms. The number of amides is 2. The van der Waals surface area contributed by atoms with Gasteiger partial charge in [0.25, 0.3) is 0 Å². The van der Waals surface area contributed by atoms with Crippen LogP contribution in [0, 0.1) is 5.92 Å². The van der Waals surface area contributed by atoms with Gasteiger partial charge >= 0.3 is 0 Å². The fraction of sp³-hybridized carbons (Fsp3) is 0.391. The lowest BCUT2D eigenvalue weighted by Crippen LogP contribution is -2.51. The van der Waals surface area contributed by atoms with Gasteiger partial charge in [0, 0.05) is 30.2 Å². The zero-order valence-corrected chi connectivity index (χ0v) is 21.4. The molecule has 33 heavy (non-hydrogen) atoms. The van der Waals surface area contributed by atoms with Gasteiger partial charge in [-0.3, -0.25) is 9.59 Å². The fourth-order valence-electron chi connectivity index (χ4n) is 3.02. The van der Waals surface area contributed by atoms with Crippen LogP contribution in [0.1, 0.15) is 26.3 Å². The SMILES string of the molecule is CC(C)CNC(=O)C(C)N(Cc1cccc(Cl)c1)C(=O)CN(C)S(=O)(=O)c1ccc(Cl)cc1. The summed E-state index contributed by atoms with van der Waals surface area (Å²) in [5.41, 5.74) is 0.725. The van der Waals surface area contributed by atoms with Crippen LogP contribution in [-0.4, -0.2) is 55.6 Å². The van der Waals surface area contributed by atoms with E-state index in [-0.39, 0.29) is 23.3 Å². The van der Waals surface area contributed by atoms with E-state index < -0.39 is 28.5 Å². The Labute approximate surface area is 205 Å². The average molecular weight is 514 g/mol. The van der Waals surface area contributed by atoms with Crippen molar-refractivity contribution in [3.05, 3.63) is 64.1 Å². The quantitative estimate of drug-likeness (QED) is 0.523. The molecule has 2 aromatic rings. The minimum absolute atomic E-state index is 0.0197. The molecule has 7 nitrogen and oxygen atoms in total. The second-order valence-electron chi connectivity index (χ2n) is 8.18. The topological polar surface area (TPSA) is 86.8 Å². The van der Waals surface area contributed by atoms with Gasteiger partial charge in [0.1, 0.15) is 6.04 Å². The Bertz CT molecular complexity index is 1080. The predicted molar refractivity (Wildman–Crippen MR) is 131 cm³/mol. The summed E-state index contributed by atoms with van der Waals surface area (Å²) in [5.74, 6) is -0.585. The first-order valence-corrected chi connectivity index (χ1v) is 12.6. The Morgan fingerprint density at radius 3 is 2.21 bits per heavy atom. The summed E-state index contributed by atoms with van der Waals surface area (Å²) in [6.07, 6.45) is 0. The molecule has 2 rings (SSSR count). The summed E-state index contributed by atoms with van der Waals surface area (Å²) in [7, 11) is -2.60. The Kier molecular flexibility index (Phi) is 9.72. The summed E-state index contributed by atoms with van der Waals surface area (Å²) in [5, 5.41) is 3.73.